The van der Waals surface area contributed by atoms with E-state index in [4.69, 9.17) is 28.3 Å². The lowest BCUT2D eigenvalue weighted by Crippen LogP contribution is -2.42. The van der Waals surface area contributed by atoms with Gasteiger partial charge in [-0.25, -0.2) is 9.48 Å². The minimum atomic E-state index is -0.356. The summed E-state index contributed by atoms with van der Waals surface area (Å²) in [5.74, 6) is 0.294. The van der Waals surface area contributed by atoms with Crippen molar-refractivity contribution >= 4 is 62.6 Å². The molecule has 10 heteroatoms. The number of amides is 3. The Morgan fingerprint density at radius 2 is 1.78 bits per heavy atom. The van der Waals surface area contributed by atoms with Crippen LogP contribution in [0.4, 0.5) is 16.3 Å². The van der Waals surface area contributed by atoms with Crippen molar-refractivity contribution in [1.29, 1.82) is 0 Å². The Kier molecular flexibility index (Phi) is 9.08. The molecule has 0 bridgehead atoms. The highest BCUT2D eigenvalue weighted by atomic mass is 79.9. The second-order valence-corrected chi connectivity index (χ2v) is 11.7. The van der Waals surface area contributed by atoms with Crippen LogP contribution in [-0.4, -0.2) is 39.7 Å². The zero-order chi connectivity index (χ0) is 26.6. The van der Waals surface area contributed by atoms with Crippen molar-refractivity contribution in [2.75, 3.05) is 23.7 Å². The molecule has 0 unspecified atom stereocenters. The smallest absolute Gasteiger partial charge is 0.315 e. The van der Waals surface area contributed by atoms with E-state index in [0.29, 0.717) is 33.8 Å². The van der Waals surface area contributed by atoms with Gasteiger partial charge in [-0.15, -0.1) is 0 Å². The van der Waals surface area contributed by atoms with E-state index in [2.05, 4.69) is 26.6 Å². The summed E-state index contributed by atoms with van der Waals surface area (Å²) in [5, 5.41) is 11.3. The van der Waals surface area contributed by atoms with Crippen LogP contribution in [-0.2, 0) is 10.2 Å². The SMILES string of the molecule is CC(C)CN(CC(=O)Nc1cc(C(C)(C)C)nn1-c1ccc(Cl)c(Cl)c1)C(=O)Nc1cccc(Br)c1. The Bertz CT molecular complexity index is 1250. The molecule has 3 amide bonds. The van der Waals surface area contributed by atoms with Crippen molar-refractivity contribution < 1.29 is 9.59 Å². The Hall–Kier alpha value is -2.55. The summed E-state index contributed by atoms with van der Waals surface area (Å²) in [7, 11) is 0. The molecule has 0 saturated heterocycles. The first-order valence-corrected chi connectivity index (χ1v) is 13.1. The summed E-state index contributed by atoms with van der Waals surface area (Å²) < 4.78 is 2.47. The van der Waals surface area contributed by atoms with Crippen molar-refractivity contribution in [3.63, 3.8) is 0 Å². The Morgan fingerprint density at radius 3 is 2.39 bits per heavy atom. The zero-order valence-corrected chi connectivity index (χ0v) is 24.0. The molecular formula is C26H30BrCl2N5O2. The fourth-order valence-corrected chi connectivity index (χ4v) is 4.13. The van der Waals surface area contributed by atoms with Gasteiger partial charge in [-0.1, -0.05) is 79.8 Å². The van der Waals surface area contributed by atoms with Crippen LogP contribution in [0.2, 0.25) is 10.0 Å². The molecular weight excluding hydrogens is 565 g/mol. The Morgan fingerprint density at radius 1 is 1.06 bits per heavy atom. The number of benzene rings is 2. The molecule has 3 aromatic rings. The van der Waals surface area contributed by atoms with Gasteiger partial charge in [0.25, 0.3) is 0 Å². The molecule has 0 atom stereocenters. The number of hydrogen-bond acceptors (Lipinski definition) is 3. The van der Waals surface area contributed by atoms with E-state index in [1.807, 2.05) is 52.8 Å². The van der Waals surface area contributed by atoms with Gasteiger partial charge in [-0.3, -0.25) is 4.79 Å². The minimum Gasteiger partial charge on any atom is -0.315 e. The van der Waals surface area contributed by atoms with E-state index < -0.39 is 0 Å². The quantitative estimate of drug-likeness (QED) is 0.300. The largest absolute Gasteiger partial charge is 0.322 e. The number of carbonyl (C=O) groups is 2. The highest BCUT2D eigenvalue weighted by Gasteiger charge is 2.24. The van der Waals surface area contributed by atoms with Gasteiger partial charge in [0.2, 0.25) is 5.91 Å². The Balaban J connectivity index is 1.84. The van der Waals surface area contributed by atoms with Crippen LogP contribution in [0.15, 0.2) is 53.0 Å². The second-order valence-electron chi connectivity index (χ2n) is 9.94. The molecule has 0 fully saturated rings. The van der Waals surface area contributed by atoms with Crippen LogP contribution in [0.3, 0.4) is 0 Å². The van der Waals surface area contributed by atoms with Gasteiger partial charge < -0.3 is 15.5 Å². The molecule has 0 saturated carbocycles. The third-order valence-corrected chi connectivity index (χ3v) is 6.41. The van der Waals surface area contributed by atoms with E-state index in [0.717, 1.165) is 10.2 Å². The van der Waals surface area contributed by atoms with Crippen molar-refractivity contribution in [2.24, 2.45) is 5.92 Å². The average Bonchev–Trinajstić information content (AvgIpc) is 3.19. The van der Waals surface area contributed by atoms with Gasteiger partial charge in [0, 0.05) is 28.2 Å². The number of rotatable bonds is 7. The first-order valence-electron chi connectivity index (χ1n) is 11.5. The molecule has 36 heavy (non-hydrogen) atoms. The molecule has 1 heterocycles. The molecule has 0 radical (unpaired) electrons. The van der Waals surface area contributed by atoms with E-state index in [1.54, 1.807) is 35.0 Å². The zero-order valence-electron chi connectivity index (χ0n) is 20.9. The highest BCUT2D eigenvalue weighted by Crippen LogP contribution is 2.29. The van der Waals surface area contributed by atoms with Crippen molar-refractivity contribution in [1.82, 2.24) is 14.7 Å². The molecule has 0 aliphatic carbocycles. The predicted octanol–water partition coefficient (Wildman–Crippen LogP) is 7.37. The van der Waals surface area contributed by atoms with E-state index in [9.17, 15) is 9.59 Å². The predicted molar refractivity (Wildman–Crippen MR) is 150 cm³/mol. The third kappa shape index (κ3) is 7.48. The van der Waals surface area contributed by atoms with Gasteiger partial charge in [-0.2, -0.15) is 5.10 Å². The third-order valence-electron chi connectivity index (χ3n) is 5.18. The molecule has 2 aromatic carbocycles. The summed E-state index contributed by atoms with van der Waals surface area (Å²) >= 11 is 15.7. The summed E-state index contributed by atoms with van der Waals surface area (Å²) in [6, 6.07) is 13.9. The lowest BCUT2D eigenvalue weighted by molar-refractivity contribution is -0.116. The summed E-state index contributed by atoms with van der Waals surface area (Å²) in [4.78, 5) is 27.7. The van der Waals surface area contributed by atoms with E-state index in [-0.39, 0.29) is 29.8 Å². The van der Waals surface area contributed by atoms with Gasteiger partial charge in [0.05, 0.1) is 21.4 Å². The molecule has 0 spiro atoms. The number of nitrogens with zero attached hydrogens (tertiary/aromatic N) is 3. The number of nitrogens with one attached hydrogen (secondary N) is 2. The molecule has 7 nitrogen and oxygen atoms in total. The molecule has 2 N–H and O–H groups in total. The molecule has 0 aliphatic rings. The van der Waals surface area contributed by atoms with Crippen molar-refractivity contribution in [3.05, 3.63) is 68.7 Å². The van der Waals surface area contributed by atoms with Crippen LogP contribution < -0.4 is 10.6 Å². The summed E-state index contributed by atoms with van der Waals surface area (Å²) in [5.41, 5.74) is 1.82. The summed E-state index contributed by atoms with van der Waals surface area (Å²) in [6.45, 7) is 10.4. The normalized spacial score (nSPS) is 11.5. The van der Waals surface area contributed by atoms with Crippen LogP contribution in [0, 0.1) is 5.92 Å². The van der Waals surface area contributed by atoms with Crippen molar-refractivity contribution in [2.45, 2.75) is 40.0 Å². The fourth-order valence-electron chi connectivity index (χ4n) is 3.43. The fraction of sp³-hybridized carbons (Fsp3) is 0.346. The first kappa shape index (κ1) is 28.0. The van der Waals surface area contributed by atoms with Crippen LogP contribution >= 0.6 is 39.1 Å². The average molecular weight is 595 g/mol. The monoisotopic (exact) mass is 593 g/mol. The number of urea groups is 1. The van der Waals surface area contributed by atoms with E-state index in [1.165, 1.54) is 4.90 Å². The van der Waals surface area contributed by atoms with Gasteiger partial charge in [0.1, 0.15) is 12.4 Å². The lowest BCUT2D eigenvalue weighted by atomic mass is 9.92. The summed E-state index contributed by atoms with van der Waals surface area (Å²) in [6.07, 6.45) is 0. The maximum absolute atomic E-state index is 13.2. The highest BCUT2D eigenvalue weighted by molar-refractivity contribution is 9.10. The number of anilines is 2. The maximum Gasteiger partial charge on any atom is 0.322 e. The minimum absolute atomic E-state index is 0.130. The number of aromatic nitrogens is 2. The van der Waals surface area contributed by atoms with Crippen molar-refractivity contribution in [3.8, 4) is 5.69 Å². The first-order chi connectivity index (χ1) is 16.8. The van der Waals surface area contributed by atoms with Crippen LogP contribution in [0.1, 0.15) is 40.3 Å². The van der Waals surface area contributed by atoms with E-state index >= 15 is 0 Å². The van der Waals surface area contributed by atoms with Crippen LogP contribution in [0.25, 0.3) is 5.69 Å². The standard InChI is InChI=1S/C26H30BrCl2N5O2/c1-16(2)14-33(25(36)30-18-8-6-7-17(27)11-18)15-24(35)31-23-13-22(26(3,4)5)32-34(23)19-9-10-20(28)21(29)12-19/h6-13,16H,14-15H2,1-5H3,(H,30,36)(H,31,35). The van der Waals surface area contributed by atoms with Crippen LogP contribution in [0.5, 0.6) is 0 Å². The number of hydrogen-bond donors (Lipinski definition) is 2. The Labute approximate surface area is 230 Å². The van der Waals surface area contributed by atoms with Gasteiger partial charge in [0.15, 0.2) is 0 Å². The maximum atomic E-state index is 13.2. The molecule has 1 aromatic heterocycles. The molecule has 0 aliphatic heterocycles. The van der Waals surface area contributed by atoms with Gasteiger partial charge in [-0.05, 0) is 42.3 Å². The second kappa shape index (κ2) is 11.7. The molecule has 3 rings (SSSR count). The lowest BCUT2D eigenvalue weighted by Gasteiger charge is -2.24. The number of halogens is 3. The molecule has 192 valence electrons. The van der Waals surface area contributed by atoms with Gasteiger partial charge >= 0.3 is 6.03 Å². The number of carbonyl (C=O) groups excluding carboxylic acids is 2. The topological polar surface area (TPSA) is 79.3 Å².